The van der Waals surface area contributed by atoms with Crippen molar-refractivity contribution in [2.75, 3.05) is 5.32 Å². The van der Waals surface area contributed by atoms with Crippen molar-refractivity contribution in [2.45, 2.75) is 83.6 Å². The first-order chi connectivity index (χ1) is 11.7. The molecule has 0 unspecified atom stereocenters. The SMILES string of the molecule is C[B]c1cnc(NC(=O)N(C2CCCCC2)C2CCC(C)CC2)s1. The normalized spacial score (nSPS) is 25.2. The van der Waals surface area contributed by atoms with Crippen LogP contribution in [-0.4, -0.2) is 35.3 Å². The molecule has 24 heavy (non-hydrogen) atoms. The van der Waals surface area contributed by atoms with Crippen LogP contribution in [0.5, 0.6) is 0 Å². The predicted molar refractivity (Wildman–Crippen MR) is 103 cm³/mol. The summed E-state index contributed by atoms with van der Waals surface area (Å²) in [6, 6.07) is 0.884. The Labute approximate surface area is 150 Å². The third-order valence-corrected chi connectivity index (χ3v) is 6.58. The smallest absolute Gasteiger partial charge is 0.319 e. The van der Waals surface area contributed by atoms with Gasteiger partial charge in [-0.25, -0.2) is 9.78 Å². The van der Waals surface area contributed by atoms with Crippen LogP contribution in [0.3, 0.4) is 0 Å². The van der Waals surface area contributed by atoms with Crippen LogP contribution in [-0.2, 0) is 0 Å². The van der Waals surface area contributed by atoms with E-state index in [2.05, 4.69) is 22.1 Å². The Morgan fingerprint density at radius 1 is 1.17 bits per heavy atom. The number of rotatable bonds is 4. The van der Waals surface area contributed by atoms with Gasteiger partial charge in [-0.1, -0.05) is 33.0 Å². The van der Waals surface area contributed by atoms with Crippen molar-refractivity contribution >= 4 is 34.6 Å². The molecule has 1 heterocycles. The highest BCUT2D eigenvalue weighted by molar-refractivity contribution is 7.24. The summed E-state index contributed by atoms with van der Waals surface area (Å²) in [6.45, 7) is 4.33. The molecule has 1 aromatic heterocycles. The number of thiazole rings is 1. The monoisotopic (exact) mass is 346 g/mol. The fraction of sp³-hybridized carbons (Fsp3) is 0.778. The lowest BCUT2D eigenvalue weighted by atomic mass is 9.81. The van der Waals surface area contributed by atoms with Gasteiger partial charge in [0, 0.05) is 18.3 Å². The zero-order chi connectivity index (χ0) is 16.9. The molecule has 2 saturated carbocycles. The standard InChI is InChI=1S/C18H29BN3OS/c1-13-8-10-15(11-9-13)22(14-6-4-3-5-7-14)18(23)21-17-20-12-16(19-2)24-17/h12-15H,3-11H2,1-2H3,(H,20,21,23). The van der Waals surface area contributed by atoms with Gasteiger partial charge in [0.15, 0.2) is 12.4 Å². The van der Waals surface area contributed by atoms with Crippen molar-refractivity contribution in [1.82, 2.24) is 9.88 Å². The average Bonchev–Trinajstić information content (AvgIpc) is 3.05. The van der Waals surface area contributed by atoms with Gasteiger partial charge in [-0.15, -0.1) is 11.3 Å². The summed E-state index contributed by atoms with van der Waals surface area (Å²) in [5.41, 5.74) is 0. The molecule has 3 rings (SSSR count). The number of carbonyl (C=O) groups excluding carboxylic acids is 1. The number of carbonyl (C=O) groups is 1. The molecule has 0 saturated heterocycles. The second-order valence-corrected chi connectivity index (χ2v) is 8.46. The second kappa shape index (κ2) is 8.37. The van der Waals surface area contributed by atoms with Gasteiger partial charge in [-0.05, 0) is 49.2 Å². The Balaban J connectivity index is 1.71. The van der Waals surface area contributed by atoms with E-state index in [9.17, 15) is 4.79 Å². The van der Waals surface area contributed by atoms with Crippen LogP contribution in [0.15, 0.2) is 6.20 Å². The minimum Gasteiger partial charge on any atom is -0.319 e. The molecule has 4 nitrogen and oxygen atoms in total. The molecule has 0 aliphatic heterocycles. The van der Waals surface area contributed by atoms with E-state index in [1.165, 1.54) is 32.1 Å². The van der Waals surface area contributed by atoms with Crippen molar-refractivity contribution in [2.24, 2.45) is 5.92 Å². The largest absolute Gasteiger partial charge is 0.324 e. The van der Waals surface area contributed by atoms with E-state index in [1.54, 1.807) is 11.3 Å². The van der Waals surface area contributed by atoms with E-state index in [4.69, 9.17) is 0 Å². The van der Waals surface area contributed by atoms with Gasteiger partial charge in [-0.2, -0.15) is 0 Å². The lowest BCUT2D eigenvalue weighted by molar-refractivity contribution is 0.105. The molecule has 6 heteroatoms. The molecule has 0 bridgehead atoms. The zero-order valence-electron chi connectivity index (χ0n) is 15.0. The Morgan fingerprint density at radius 2 is 1.83 bits per heavy atom. The highest BCUT2D eigenvalue weighted by Gasteiger charge is 2.33. The Kier molecular flexibility index (Phi) is 6.20. The summed E-state index contributed by atoms with van der Waals surface area (Å²) >= 11 is 1.55. The van der Waals surface area contributed by atoms with E-state index in [-0.39, 0.29) is 6.03 Å². The number of hydrogen-bond donors (Lipinski definition) is 1. The Hall–Kier alpha value is -1.04. The van der Waals surface area contributed by atoms with E-state index >= 15 is 0 Å². The maximum atomic E-state index is 13.1. The summed E-state index contributed by atoms with van der Waals surface area (Å²) in [6.07, 6.45) is 12.8. The predicted octanol–water partition coefficient (Wildman–Crippen LogP) is 4.27. The molecule has 1 radical (unpaired) electrons. The van der Waals surface area contributed by atoms with Crippen LogP contribution >= 0.6 is 11.3 Å². The van der Waals surface area contributed by atoms with Gasteiger partial charge in [0.05, 0.1) is 0 Å². The number of hydrogen-bond acceptors (Lipinski definition) is 3. The molecule has 1 aromatic rings. The molecular weight excluding hydrogens is 317 g/mol. The zero-order valence-corrected chi connectivity index (χ0v) is 15.8. The van der Waals surface area contributed by atoms with Crippen molar-refractivity contribution in [1.29, 1.82) is 0 Å². The Bertz CT molecular complexity index is 536. The first-order valence-electron chi connectivity index (χ1n) is 9.52. The van der Waals surface area contributed by atoms with Gasteiger partial charge >= 0.3 is 6.03 Å². The minimum absolute atomic E-state index is 0.0680. The quantitative estimate of drug-likeness (QED) is 0.828. The number of aromatic nitrogens is 1. The topological polar surface area (TPSA) is 45.2 Å². The van der Waals surface area contributed by atoms with Crippen molar-refractivity contribution in [3.63, 3.8) is 0 Å². The van der Waals surface area contributed by atoms with Crippen molar-refractivity contribution in [3.05, 3.63) is 6.20 Å². The summed E-state index contributed by atoms with van der Waals surface area (Å²) in [5, 5.41) is 3.80. The fourth-order valence-electron chi connectivity index (χ4n) is 4.14. The molecule has 2 fully saturated rings. The summed E-state index contributed by atoms with van der Waals surface area (Å²) in [7, 11) is 2.02. The number of urea groups is 1. The number of nitrogens with zero attached hydrogens (tertiary/aromatic N) is 2. The average molecular weight is 346 g/mol. The number of anilines is 1. The van der Waals surface area contributed by atoms with Crippen LogP contribution in [0.25, 0.3) is 0 Å². The molecule has 0 aromatic carbocycles. The van der Waals surface area contributed by atoms with Crippen LogP contribution in [0.1, 0.15) is 64.7 Å². The van der Waals surface area contributed by atoms with Gasteiger partial charge in [0.1, 0.15) is 0 Å². The summed E-state index contributed by atoms with van der Waals surface area (Å²) in [4.78, 5) is 19.6. The molecule has 2 aliphatic rings. The highest BCUT2D eigenvalue weighted by atomic mass is 32.1. The van der Waals surface area contributed by atoms with Gasteiger partial charge in [0.2, 0.25) is 0 Å². The molecule has 1 N–H and O–H groups in total. The van der Waals surface area contributed by atoms with Crippen LogP contribution in [0.2, 0.25) is 6.82 Å². The van der Waals surface area contributed by atoms with Crippen molar-refractivity contribution in [3.8, 4) is 0 Å². The van der Waals surface area contributed by atoms with E-state index < -0.39 is 0 Å². The van der Waals surface area contributed by atoms with Gasteiger partial charge < -0.3 is 4.90 Å². The molecule has 0 spiro atoms. The van der Waals surface area contributed by atoms with E-state index in [1.807, 2.05) is 20.3 Å². The van der Waals surface area contributed by atoms with E-state index in [0.29, 0.717) is 12.1 Å². The molecule has 0 atom stereocenters. The maximum absolute atomic E-state index is 13.1. The van der Waals surface area contributed by atoms with Crippen molar-refractivity contribution < 1.29 is 4.79 Å². The maximum Gasteiger partial charge on any atom is 0.324 e. The fourth-order valence-corrected chi connectivity index (χ4v) is 4.83. The lowest BCUT2D eigenvalue weighted by Gasteiger charge is -2.42. The summed E-state index contributed by atoms with van der Waals surface area (Å²) < 4.78 is 1.10. The van der Waals surface area contributed by atoms with Gasteiger partial charge in [0.25, 0.3) is 0 Å². The molecule has 2 aliphatic carbocycles. The Morgan fingerprint density at radius 3 is 2.46 bits per heavy atom. The number of nitrogens with one attached hydrogen (secondary N) is 1. The molecular formula is C18H29BN3OS. The third kappa shape index (κ3) is 4.32. The minimum atomic E-state index is 0.0680. The highest BCUT2D eigenvalue weighted by Crippen LogP contribution is 2.32. The van der Waals surface area contributed by atoms with E-state index in [0.717, 1.165) is 41.5 Å². The van der Waals surface area contributed by atoms with Crippen LogP contribution < -0.4 is 10.1 Å². The number of amides is 2. The first-order valence-corrected chi connectivity index (χ1v) is 10.3. The third-order valence-electron chi connectivity index (χ3n) is 5.60. The van der Waals surface area contributed by atoms with Crippen LogP contribution in [0, 0.1) is 5.92 Å². The van der Waals surface area contributed by atoms with Crippen LogP contribution in [0.4, 0.5) is 9.93 Å². The molecule has 131 valence electrons. The second-order valence-electron chi connectivity index (χ2n) is 7.40. The lowest BCUT2D eigenvalue weighted by Crippen LogP contribution is -2.51. The first kappa shape index (κ1) is 17.8. The van der Waals surface area contributed by atoms with Gasteiger partial charge in [-0.3, -0.25) is 5.32 Å². The summed E-state index contributed by atoms with van der Waals surface area (Å²) in [5.74, 6) is 0.805. The molecule has 2 amide bonds.